The molecule has 0 aliphatic heterocycles. The fraction of sp³-hybridized carbons (Fsp3) is 0.320. The summed E-state index contributed by atoms with van der Waals surface area (Å²) in [5.41, 5.74) is 4.74. The second-order valence-corrected chi connectivity index (χ2v) is 8.37. The highest BCUT2D eigenvalue weighted by molar-refractivity contribution is 7.17. The van der Waals surface area contributed by atoms with E-state index in [0.717, 1.165) is 35.9 Å². The van der Waals surface area contributed by atoms with E-state index in [0.29, 0.717) is 17.1 Å². The molecule has 3 N–H and O–H groups in total. The lowest BCUT2D eigenvalue weighted by atomic mass is 10.0. The van der Waals surface area contributed by atoms with Crippen molar-refractivity contribution in [3.8, 4) is 11.5 Å². The third-order valence-electron chi connectivity index (χ3n) is 5.06. The average molecular weight is 484 g/mol. The minimum atomic E-state index is -0.429. The first-order chi connectivity index (χ1) is 16.6. The van der Waals surface area contributed by atoms with Gasteiger partial charge in [0.25, 0.3) is 11.8 Å². The molecule has 2 aromatic carbocycles. The number of aliphatic hydroxyl groups is 1. The number of thiophene rings is 1. The van der Waals surface area contributed by atoms with Crippen molar-refractivity contribution >= 4 is 38.9 Å². The Bertz CT molecular complexity index is 1160. The number of nitrogens with one attached hydrogen (secondary N) is 2. The molecule has 1 aromatic heterocycles. The molecule has 0 radical (unpaired) electrons. The van der Waals surface area contributed by atoms with Gasteiger partial charge in [-0.2, -0.15) is 5.10 Å². The Morgan fingerprint density at radius 1 is 1.15 bits per heavy atom. The van der Waals surface area contributed by atoms with Crippen LogP contribution in [0.25, 0.3) is 10.1 Å². The van der Waals surface area contributed by atoms with Gasteiger partial charge in [0.05, 0.1) is 26.0 Å². The van der Waals surface area contributed by atoms with Crippen LogP contribution in [0.15, 0.2) is 52.9 Å². The smallest absolute Gasteiger partial charge is 0.259 e. The van der Waals surface area contributed by atoms with Gasteiger partial charge in [-0.05, 0) is 37.1 Å². The summed E-state index contributed by atoms with van der Waals surface area (Å²) in [6.07, 6.45) is 2.71. The summed E-state index contributed by atoms with van der Waals surface area (Å²) in [6, 6.07) is 12.8. The summed E-state index contributed by atoms with van der Waals surface area (Å²) in [5.74, 6) is -0.0719. The van der Waals surface area contributed by atoms with Crippen LogP contribution in [0.2, 0.25) is 0 Å². The van der Waals surface area contributed by atoms with E-state index >= 15 is 0 Å². The van der Waals surface area contributed by atoms with Gasteiger partial charge in [0.1, 0.15) is 6.61 Å². The van der Waals surface area contributed by atoms with E-state index in [4.69, 9.17) is 14.6 Å². The van der Waals surface area contributed by atoms with Crippen molar-refractivity contribution in [2.75, 3.05) is 26.9 Å². The third kappa shape index (κ3) is 6.55. The van der Waals surface area contributed by atoms with E-state index in [1.165, 1.54) is 17.9 Å². The molecule has 0 bridgehead atoms. The van der Waals surface area contributed by atoms with Crippen molar-refractivity contribution in [3.63, 3.8) is 0 Å². The normalized spacial score (nSPS) is 11.3. The first kappa shape index (κ1) is 25.2. The van der Waals surface area contributed by atoms with Crippen LogP contribution in [-0.2, 0) is 4.79 Å². The quantitative estimate of drug-likeness (QED) is 0.269. The molecule has 3 rings (SSSR count). The number of rotatable bonds is 12. The SMILES string of the molecule is CCCC/C(=N\NC(=O)CNC(=O)c1ccc(OCCO)c(OC)c1)c1csc2ccccc12. The summed E-state index contributed by atoms with van der Waals surface area (Å²) in [7, 11) is 1.46. The molecule has 180 valence electrons. The maximum Gasteiger partial charge on any atom is 0.259 e. The van der Waals surface area contributed by atoms with E-state index in [-0.39, 0.29) is 19.8 Å². The van der Waals surface area contributed by atoms with Crippen LogP contribution in [0.4, 0.5) is 0 Å². The summed E-state index contributed by atoms with van der Waals surface area (Å²) in [6.45, 7) is 1.87. The van der Waals surface area contributed by atoms with Gasteiger partial charge in [-0.1, -0.05) is 31.5 Å². The molecule has 2 amide bonds. The Kier molecular flexibility index (Phi) is 9.42. The molecule has 3 aromatic rings. The monoisotopic (exact) mass is 483 g/mol. The Morgan fingerprint density at radius 3 is 2.74 bits per heavy atom. The molecule has 0 fully saturated rings. The van der Waals surface area contributed by atoms with Crippen LogP contribution >= 0.6 is 11.3 Å². The number of benzene rings is 2. The fourth-order valence-corrected chi connectivity index (χ4v) is 4.28. The predicted octanol–water partition coefficient (Wildman–Crippen LogP) is 3.72. The van der Waals surface area contributed by atoms with Gasteiger partial charge in [-0.25, -0.2) is 5.43 Å². The van der Waals surface area contributed by atoms with Crippen LogP contribution in [0, 0.1) is 0 Å². The van der Waals surface area contributed by atoms with Gasteiger partial charge in [-0.15, -0.1) is 11.3 Å². The zero-order valence-corrected chi connectivity index (χ0v) is 20.1. The Hall–Kier alpha value is -3.43. The van der Waals surface area contributed by atoms with Gasteiger partial charge in [0, 0.05) is 26.6 Å². The predicted molar refractivity (Wildman–Crippen MR) is 134 cm³/mol. The van der Waals surface area contributed by atoms with Crippen LogP contribution in [0.1, 0.15) is 42.1 Å². The van der Waals surface area contributed by atoms with Crippen LogP contribution < -0.4 is 20.2 Å². The van der Waals surface area contributed by atoms with Crippen molar-refractivity contribution in [1.82, 2.24) is 10.7 Å². The molecule has 0 saturated heterocycles. The number of hydrazone groups is 1. The molecule has 34 heavy (non-hydrogen) atoms. The van der Waals surface area contributed by atoms with E-state index in [9.17, 15) is 9.59 Å². The zero-order chi connectivity index (χ0) is 24.3. The first-order valence-corrected chi connectivity index (χ1v) is 12.0. The number of carbonyl (C=O) groups excluding carboxylic acids is 2. The number of unbranched alkanes of at least 4 members (excludes halogenated alkanes) is 1. The third-order valence-corrected chi connectivity index (χ3v) is 6.02. The van der Waals surface area contributed by atoms with Gasteiger partial charge >= 0.3 is 0 Å². The van der Waals surface area contributed by atoms with Gasteiger partial charge < -0.3 is 19.9 Å². The minimum Gasteiger partial charge on any atom is -0.493 e. The molecular weight excluding hydrogens is 454 g/mol. The number of ether oxygens (including phenoxy) is 2. The number of fused-ring (bicyclic) bond motifs is 1. The van der Waals surface area contributed by atoms with Crippen molar-refractivity contribution in [2.45, 2.75) is 26.2 Å². The summed E-state index contributed by atoms with van der Waals surface area (Å²) >= 11 is 1.65. The Balaban J connectivity index is 1.63. The van der Waals surface area contributed by atoms with Crippen LogP contribution in [0.3, 0.4) is 0 Å². The van der Waals surface area contributed by atoms with Crippen molar-refractivity contribution in [2.24, 2.45) is 5.10 Å². The number of hydrogen-bond acceptors (Lipinski definition) is 7. The Morgan fingerprint density at radius 2 is 1.97 bits per heavy atom. The first-order valence-electron chi connectivity index (χ1n) is 11.1. The van der Waals surface area contributed by atoms with Crippen molar-refractivity contribution < 1.29 is 24.2 Å². The fourth-order valence-electron chi connectivity index (χ4n) is 3.31. The Labute approximate surface area is 202 Å². The molecule has 0 spiro atoms. The molecule has 0 atom stereocenters. The lowest BCUT2D eigenvalue weighted by molar-refractivity contribution is -0.120. The molecule has 0 aliphatic carbocycles. The van der Waals surface area contributed by atoms with E-state index in [1.54, 1.807) is 23.5 Å². The lowest BCUT2D eigenvalue weighted by Crippen LogP contribution is -2.35. The molecule has 0 saturated carbocycles. The number of nitrogens with zero attached hydrogens (tertiary/aromatic N) is 1. The van der Waals surface area contributed by atoms with Gasteiger partial charge in [0.2, 0.25) is 0 Å². The minimum absolute atomic E-state index is 0.115. The number of hydrogen-bond donors (Lipinski definition) is 3. The van der Waals surface area contributed by atoms with Gasteiger partial charge in [0.15, 0.2) is 11.5 Å². The van der Waals surface area contributed by atoms with Crippen molar-refractivity contribution in [3.05, 3.63) is 59.0 Å². The number of amides is 2. The zero-order valence-electron chi connectivity index (χ0n) is 19.3. The highest BCUT2D eigenvalue weighted by atomic mass is 32.1. The maximum atomic E-state index is 12.5. The lowest BCUT2D eigenvalue weighted by Gasteiger charge is -2.11. The number of methoxy groups -OCH3 is 1. The molecular formula is C25H29N3O5S. The van der Waals surface area contributed by atoms with Crippen LogP contribution in [0.5, 0.6) is 11.5 Å². The number of aliphatic hydroxyl groups excluding tert-OH is 1. The number of carbonyl (C=O) groups is 2. The second-order valence-electron chi connectivity index (χ2n) is 7.46. The molecule has 0 unspecified atom stereocenters. The summed E-state index contributed by atoms with van der Waals surface area (Å²) in [5, 5.41) is 19.1. The van der Waals surface area contributed by atoms with Gasteiger partial charge in [-0.3, -0.25) is 9.59 Å². The molecule has 8 nitrogen and oxygen atoms in total. The van der Waals surface area contributed by atoms with Crippen LogP contribution in [-0.4, -0.2) is 49.5 Å². The van der Waals surface area contributed by atoms with E-state index in [1.807, 2.05) is 12.1 Å². The second kappa shape index (κ2) is 12.7. The molecule has 0 aliphatic rings. The largest absolute Gasteiger partial charge is 0.493 e. The standard InChI is InChI=1S/C25H29N3O5S/c1-3-4-8-20(19-16-34-23-9-6-5-7-18(19)23)27-28-24(30)15-26-25(31)17-10-11-21(33-13-12-29)22(14-17)32-2/h5-7,9-11,14,16,29H,3-4,8,12-13,15H2,1-2H3,(H,26,31)(H,28,30)/b27-20+. The summed E-state index contributed by atoms with van der Waals surface area (Å²) < 4.78 is 11.8. The molecule has 1 heterocycles. The highest BCUT2D eigenvalue weighted by Crippen LogP contribution is 2.28. The topological polar surface area (TPSA) is 109 Å². The summed E-state index contributed by atoms with van der Waals surface area (Å²) in [4.78, 5) is 24.9. The molecule has 9 heteroatoms. The van der Waals surface area contributed by atoms with E-state index in [2.05, 4.69) is 40.3 Å². The highest BCUT2D eigenvalue weighted by Gasteiger charge is 2.14. The maximum absolute atomic E-state index is 12.5. The van der Waals surface area contributed by atoms with E-state index < -0.39 is 11.8 Å². The van der Waals surface area contributed by atoms with Crippen molar-refractivity contribution in [1.29, 1.82) is 0 Å². The average Bonchev–Trinajstić information content (AvgIpc) is 3.30.